The maximum Gasteiger partial charge on any atom is 0.133 e. The van der Waals surface area contributed by atoms with Gasteiger partial charge in [0.2, 0.25) is 0 Å². The average molecular weight is 405 g/mol. The first kappa shape index (κ1) is 21.8. The molecule has 0 spiro atoms. The van der Waals surface area contributed by atoms with Gasteiger partial charge in [0.05, 0.1) is 6.10 Å². The topological polar surface area (TPSA) is 57.5 Å². The Labute approximate surface area is 178 Å². The van der Waals surface area contributed by atoms with Crippen LogP contribution in [0.15, 0.2) is 0 Å². The van der Waals surface area contributed by atoms with Crippen molar-refractivity contribution >= 4 is 5.78 Å². The van der Waals surface area contributed by atoms with Gasteiger partial charge in [-0.1, -0.05) is 46.0 Å². The second-order valence-electron chi connectivity index (χ2n) is 11.6. The Morgan fingerprint density at radius 1 is 0.931 bits per heavy atom. The number of hydrogen-bond acceptors (Lipinski definition) is 3. The third-order valence-electron chi connectivity index (χ3n) is 10.3. The monoisotopic (exact) mass is 404 g/mol. The lowest BCUT2D eigenvalue weighted by molar-refractivity contribution is -0.156. The van der Waals surface area contributed by atoms with Crippen molar-refractivity contribution in [1.82, 2.24) is 0 Å². The van der Waals surface area contributed by atoms with Crippen molar-refractivity contribution in [3.63, 3.8) is 0 Å². The van der Waals surface area contributed by atoms with E-state index in [1.54, 1.807) is 0 Å². The van der Waals surface area contributed by atoms with Gasteiger partial charge in [-0.3, -0.25) is 4.79 Å². The third-order valence-corrected chi connectivity index (χ3v) is 10.3. The number of ketones is 1. The number of fused-ring (bicyclic) bond motifs is 5. The second-order valence-corrected chi connectivity index (χ2v) is 11.6. The average Bonchev–Trinajstić information content (AvgIpc) is 3.00. The highest BCUT2D eigenvalue weighted by Crippen LogP contribution is 2.67. The van der Waals surface area contributed by atoms with Gasteiger partial charge in [0, 0.05) is 19.4 Å². The molecule has 4 aliphatic carbocycles. The Balaban J connectivity index is 1.52. The minimum absolute atomic E-state index is 0.106. The van der Waals surface area contributed by atoms with E-state index in [1.807, 2.05) is 0 Å². The van der Waals surface area contributed by atoms with Crippen LogP contribution in [0.3, 0.4) is 0 Å². The van der Waals surface area contributed by atoms with Gasteiger partial charge < -0.3 is 10.2 Å². The molecule has 4 aliphatic rings. The van der Waals surface area contributed by atoms with Gasteiger partial charge in [0.15, 0.2) is 0 Å². The van der Waals surface area contributed by atoms with E-state index < -0.39 is 0 Å². The van der Waals surface area contributed by atoms with Crippen molar-refractivity contribution in [2.45, 2.75) is 110 Å². The molecular formula is C26H44O3. The van der Waals surface area contributed by atoms with Gasteiger partial charge in [0.1, 0.15) is 5.78 Å². The molecule has 4 fully saturated rings. The predicted octanol–water partition coefficient (Wildman–Crippen LogP) is 5.52. The zero-order valence-electron chi connectivity index (χ0n) is 18.9. The summed E-state index contributed by atoms with van der Waals surface area (Å²) in [6, 6.07) is 0. The van der Waals surface area contributed by atoms with E-state index in [9.17, 15) is 9.90 Å². The minimum atomic E-state index is -0.106. The molecule has 4 rings (SSSR count). The summed E-state index contributed by atoms with van der Waals surface area (Å²) in [7, 11) is 0. The zero-order chi connectivity index (χ0) is 20.6. The Morgan fingerprint density at radius 3 is 2.45 bits per heavy atom. The van der Waals surface area contributed by atoms with E-state index in [1.165, 1.54) is 51.4 Å². The molecule has 3 nitrogen and oxygen atoms in total. The molecule has 0 radical (unpaired) electrons. The van der Waals surface area contributed by atoms with Gasteiger partial charge in [0.25, 0.3) is 0 Å². The van der Waals surface area contributed by atoms with Crippen LogP contribution in [0.25, 0.3) is 0 Å². The van der Waals surface area contributed by atoms with Crippen molar-refractivity contribution < 1.29 is 15.0 Å². The van der Waals surface area contributed by atoms with Gasteiger partial charge >= 0.3 is 0 Å². The highest BCUT2D eigenvalue weighted by Gasteiger charge is 2.62. The van der Waals surface area contributed by atoms with Crippen LogP contribution in [0, 0.1) is 40.4 Å². The SMILES string of the molecule is C[C@]12CCC(=O)CC1CC(CCCCCCCO)[C@@H]1[C@H]2CC[C@]2(C)C(O)CC[C@@H]12. The van der Waals surface area contributed by atoms with E-state index in [0.717, 1.165) is 56.3 Å². The van der Waals surface area contributed by atoms with Crippen LogP contribution < -0.4 is 0 Å². The number of aliphatic hydroxyl groups is 2. The summed E-state index contributed by atoms with van der Waals surface area (Å²) in [6.45, 7) is 5.24. The van der Waals surface area contributed by atoms with Crippen LogP contribution in [0.1, 0.15) is 104 Å². The van der Waals surface area contributed by atoms with Gasteiger partial charge in [-0.15, -0.1) is 0 Å². The van der Waals surface area contributed by atoms with E-state index in [2.05, 4.69) is 13.8 Å². The summed E-state index contributed by atoms with van der Waals surface area (Å²) in [6.07, 6.45) is 15.8. The number of Topliss-reactive ketones (excluding diaryl/α,β-unsaturated/α-hetero) is 1. The fourth-order valence-electron chi connectivity index (χ4n) is 8.54. The predicted molar refractivity (Wildman–Crippen MR) is 116 cm³/mol. The van der Waals surface area contributed by atoms with Crippen LogP contribution in [-0.2, 0) is 4.79 Å². The number of carbonyl (C=O) groups is 1. The van der Waals surface area contributed by atoms with Crippen molar-refractivity contribution in [1.29, 1.82) is 0 Å². The molecule has 3 unspecified atom stereocenters. The van der Waals surface area contributed by atoms with Crippen molar-refractivity contribution in [2.24, 2.45) is 40.4 Å². The Hall–Kier alpha value is -0.410. The first-order valence-electron chi connectivity index (χ1n) is 12.7. The fourth-order valence-corrected chi connectivity index (χ4v) is 8.54. The molecule has 2 N–H and O–H groups in total. The van der Waals surface area contributed by atoms with Crippen molar-refractivity contribution in [3.05, 3.63) is 0 Å². The Kier molecular flexibility index (Phi) is 6.48. The molecule has 0 saturated heterocycles. The quantitative estimate of drug-likeness (QED) is 0.549. The molecule has 29 heavy (non-hydrogen) atoms. The lowest BCUT2D eigenvalue weighted by atomic mass is 9.42. The van der Waals surface area contributed by atoms with E-state index >= 15 is 0 Å². The van der Waals surface area contributed by atoms with E-state index in [0.29, 0.717) is 29.6 Å². The van der Waals surface area contributed by atoms with E-state index in [4.69, 9.17) is 5.11 Å². The highest BCUT2D eigenvalue weighted by atomic mass is 16.3. The third kappa shape index (κ3) is 3.84. The molecule has 0 aromatic carbocycles. The molecule has 0 amide bonds. The van der Waals surface area contributed by atoms with Crippen LogP contribution >= 0.6 is 0 Å². The molecule has 0 aromatic rings. The van der Waals surface area contributed by atoms with E-state index in [-0.39, 0.29) is 11.5 Å². The lowest BCUT2D eigenvalue weighted by Gasteiger charge is -2.62. The maximum atomic E-state index is 12.3. The van der Waals surface area contributed by atoms with Gasteiger partial charge in [-0.2, -0.15) is 0 Å². The first-order valence-corrected chi connectivity index (χ1v) is 12.7. The van der Waals surface area contributed by atoms with Crippen LogP contribution in [0.2, 0.25) is 0 Å². The normalized spacial score (nSPS) is 46.8. The zero-order valence-corrected chi connectivity index (χ0v) is 18.9. The second kappa shape index (κ2) is 8.61. The molecule has 166 valence electrons. The highest BCUT2D eigenvalue weighted by molar-refractivity contribution is 5.79. The number of rotatable bonds is 7. The Morgan fingerprint density at radius 2 is 1.66 bits per heavy atom. The number of hydrogen-bond donors (Lipinski definition) is 2. The number of aliphatic hydroxyl groups excluding tert-OH is 2. The smallest absolute Gasteiger partial charge is 0.133 e. The summed E-state index contributed by atoms with van der Waals surface area (Å²) in [5.41, 5.74) is 0.485. The summed E-state index contributed by atoms with van der Waals surface area (Å²) >= 11 is 0. The molecule has 0 aromatic heterocycles. The molecule has 3 heteroatoms. The summed E-state index contributed by atoms with van der Waals surface area (Å²) in [5, 5.41) is 19.8. The molecule has 0 bridgehead atoms. The summed E-state index contributed by atoms with van der Waals surface area (Å²) < 4.78 is 0. The standard InChI is InChI=1S/C26H44O3/c1-25-13-11-20(28)17-19(25)16-18(8-6-4-3-5-7-15-27)24-21-9-10-23(29)26(21,2)14-12-22(24)25/h18-19,21-24,27,29H,3-17H2,1-2H3/t18?,19?,21-,22+,23?,24-,25-,26-/m0/s1. The maximum absolute atomic E-state index is 12.3. The lowest BCUT2D eigenvalue weighted by Crippen LogP contribution is -2.57. The fraction of sp³-hybridized carbons (Fsp3) is 0.962. The largest absolute Gasteiger partial charge is 0.396 e. The van der Waals surface area contributed by atoms with Crippen molar-refractivity contribution in [2.75, 3.05) is 6.61 Å². The molecular weight excluding hydrogens is 360 g/mol. The number of unbranched alkanes of at least 4 members (excludes halogenated alkanes) is 4. The summed E-state index contributed by atoms with van der Waals surface area (Å²) in [5.74, 6) is 4.06. The Bertz CT molecular complexity index is 589. The van der Waals surface area contributed by atoms with Crippen molar-refractivity contribution in [3.8, 4) is 0 Å². The van der Waals surface area contributed by atoms with Crippen LogP contribution in [0.5, 0.6) is 0 Å². The molecule has 0 heterocycles. The first-order chi connectivity index (χ1) is 13.9. The molecule has 8 atom stereocenters. The van der Waals surface area contributed by atoms with Crippen LogP contribution in [0.4, 0.5) is 0 Å². The molecule has 4 saturated carbocycles. The van der Waals surface area contributed by atoms with Gasteiger partial charge in [-0.25, -0.2) is 0 Å². The minimum Gasteiger partial charge on any atom is -0.396 e. The number of carbonyl (C=O) groups excluding carboxylic acids is 1. The van der Waals surface area contributed by atoms with Crippen LogP contribution in [-0.4, -0.2) is 28.7 Å². The molecule has 0 aliphatic heterocycles. The van der Waals surface area contributed by atoms with Gasteiger partial charge in [-0.05, 0) is 85.4 Å². The summed E-state index contributed by atoms with van der Waals surface area (Å²) in [4.78, 5) is 12.3.